The molecule has 5 aromatic carbocycles. The molecule has 264 valence electrons. The van der Waals surface area contributed by atoms with Crippen molar-refractivity contribution in [2.75, 3.05) is 10.0 Å². The number of hydrogen-bond acceptors (Lipinski definition) is 4. The number of para-hydroxylation sites is 4. The number of nitrogens with zero attached hydrogens (tertiary/aromatic N) is 4. The number of nitrogens with one attached hydrogen (secondary N) is 1. The molecule has 1 N–H and O–H groups in total. The third-order valence-electron chi connectivity index (χ3n) is 10.2. The van der Waals surface area contributed by atoms with Gasteiger partial charge in [-0.2, -0.15) is 0 Å². The molecule has 0 radical (unpaired) electrons. The number of hydrogen-bond donors (Lipinski definition) is 1. The molecule has 0 fully saturated rings. The van der Waals surface area contributed by atoms with Gasteiger partial charge in [0, 0.05) is 11.4 Å². The van der Waals surface area contributed by atoms with Gasteiger partial charge in [0.15, 0.2) is 0 Å². The molecule has 1 aliphatic rings. The van der Waals surface area contributed by atoms with Gasteiger partial charge in [-0.15, -0.1) is 0 Å². The second kappa shape index (κ2) is 13.9. The standard InChI is InChI=1S/C45H46BGeN5O/c1-31(2)37-20-14-21-38(32(3)4)45(37)52-40-23-12-11-22-39(40)49-46(52)33-16-13-19-36(28-33)53-44-25-15-24-43(48-44)51-30-50(35-17-9-8-10-18-35)42-29-34(47(5,6)7)26-27-41(42)51/h8-29,31-32,49H,1-7H3. The smallest absolute Gasteiger partial charge is 0.0531 e. The molecule has 0 aliphatic carbocycles. The minimum Gasteiger partial charge on any atom is -0.403 e. The van der Waals surface area contributed by atoms with Crippen molar-refractivity contribution in [1.29, 1.82) is 0 Å². The normalized spacial score (nSPS) is 12.8. The fourth-order valence-corrected chi connectivity index (χ4v) is 9.82. The van der Waals surface area contributed by atoms with Crippen LogP contribution >= 0.6 is 0 Å². The Hall–Kier alpha value is -5.27. The Morgan fingerprint density at radius 1 is 0.736 bits per heavy atom. The quantitative estimate of drug-likeness (QED) is 0.0906. The van der Waals surface area contributed by atoms with Crippen molar-refractivity contribution in [3.63, 3.8) is 0 Å². The molecule has 7 aromatic rings. The first-order valence-corrected chi connectivity index (χ1v) is 26.0. The van der Waals surface area contributed by atoms with Crippen molar-refractivity contribution < 1.29 is 9.30 Å². The number of ether oxygens (including phenoxy) is 1. The summed E-state index contributed by atoms with van der Waals surface area (Å²) in [6.45, 7) is 9.00. The van der Waals surface area contributed by atoms with E-state index in [9.17, 15) is 0 Å². The van der Waals surface area contributed by atoms with E-state index in [0.29, 0.717) is 17.7 Å². The molecule has 0 unspecified atom stereocenters. The fraction of sp³-hybridized carbons (Fsp3) is 0.200. The molecule has 6 nitrogen and oxygen atoms in total. The van der Waals surface area contributed by atoms with Gasteiger partial charge < -0.3 is 10.0 Å². The van der Waals surface area contributed by atoms with Gasteiger partial charge in [-0.25, -0.2) is 0 Å². The monoisotopic (exact) mass is 757 g/mol. The first-order valence-electron chi connectivity index (χ1n) is 18.7. The molecule has 8 rings (SSSR count). The van der Waals surface area contributed by atoms with Crippen LogP contribution in [0.2, 0.25) is 17.3 Å². The van der Waals surface area contributed by atoms with Gasteiger partial charge in [-0.3, -0.25) is 0 Å². The number of imidazole rings is 1. The van der Waals surface area contributed by atoms with Crippen molar-refractivity contribution in [3.05, 3.63) is 151 Å². The van der Waals surface area contributed by atoms with E-state index in [0.717, 1.165) is 39.4 Å². The summed E-state index contributed by atoms with van der Waals surface area (Å²) in [5.74, 6) is 10.0. The Morgan fingerprint density at radius 3 is 2.17 bits per heavy atom. The Morgan fingerprint density at radius 2 is 1.43 bits per heavy atom. The van der Waals surface area contributed by atoms with Crippen LogP contribution < -0.4 is 29.2 Å². The van der Waals surface area contributed by atoms with E-state index in [-0.39, 0.29) is 6.98 Å². The first kappa shape index (κ1) is 34.8. The zero-order valence-electron chi connectivity index (χ0n) is 31.6. The molecular formula is C45H46BGeN5O. The Balaban J connectivity index is 1.16. The number of rotatable bonds is 9. The van der Waals surface area contributed by atoms with Crippen molar-refractivity contribution in [2.45, 2.75) is 56.8 Å². The second-order valence-electron chi connectivity index (χ2n) is 15.6. The molecule has 0 bridgehead atoms. The number of fused-ring (bicyclic) bond motifs is 2. The average Bonchev–Trinajstić information content (AvgIpc) is 3.74. The summed E-state index contributed by atoms with van der Waals surface area (Å²) in [7, 11) is 0. The van der Waals surface area contributed by atoms with Crippen LogP contribution in [0.3, 0.4) is 0 Å². The van der Waals surface area contributed by atoms with Gasteiger partial charge >= 0.3 is 192 Å². The molecule has 1 aliphatic heterocycles. The van der Waals surface area contributed by atoms with Gasteiger partial charge in [0.05, 0.1) is 5.69 Å². The van der Waals surface area contributed by atoms with Crippen LogP contribution in [0.4, 0.5) is 17.1 Å². The van der Waals surface area contributed by atoms with Crippen molar-refractivity contribution >= 4 is 58.2 Å². The number of aromatic nitrogens is 3. The minimum atomic E-state index is -2.09. The zero-order chi connectivity index (χ0) is 36.9. The van der Waals surface area contributed by atoms with Crippen LogP contribution in [0.5, 0.6) is 11.6 Å². The van der Waals surface area contributed by atoms with E-state index >= 15 is 0 Å². The van der Waals surface area contributed by atoms with Crippen LogP contribution in [-0.2, 0) is 0 Å². The molecule has 0 saturated heterocycles. The summed E-state index contributed by atoms with van der Waals surface area (Å²) < 4.78 is 12.2. The summed E-state index contributed by atoms with van der Waals surface area (Å²) in [4.78, 5) is 7.52. The number of anilines is 3. The van der Waals surface area contributed by atoms with Crippen molar-refractivity contribution in [1.82, 2.24) is 9.55 Å². The molecule has 0 saturated carbocycles. The molecule has 53 heavy (non-hydrogen) atoms. The first-order chi connectivity index (χ1) is 25.6. The molecule has 0 atom stereocenters. The summed E-state index contributed by atoms with van der Waals surface area (Å²) in [6.07, 6.45) is 3.61. The molecule has 3 heterocycles. The van der Waals surface area contributed by atoms with Crippen LogP contribution in [-0.4, -0.2) is 29.8 Å². The van der Waals surface area contributed by atoms with Gasteiger partial charge in [0.1, 0.15) is 0 Å². The SMILES string of the molecule is CC(C)c1cccc(C(C)C)c1N1B(c2cccc(Oc3cccc(-n4[c-][n+](-c5ccccc5)c5c[c]([Ge]([CH3])([CH3])[CH3])ccc54)n3)c2)Nc2ccccc21. The van der Waals surface area contributed by atoms with Crippen LogP contribution in [0.1, 0.15) is 50.7 Å². The maximum atomic E-state index is 6.57. The van der Waals surface area contributed by atoms with E-state index in [1.165, 1.54) is 26.9 Å². The maximum Gasteiger partial charge on any atom is 0.0531 e. The topological polar surface area (TPSA) is 46.2 Å². The summed E-state index contributed by atoms with van der Waals surface area (Å²) in [6, 6.07) is 47.0. The van der Waals surface area contributed by atoms with Gasteiger partial charge in [0.25, 0.3) is 0 Å². The van der Waals surface area contributed by atoms with Crippen LogP contribution in [0, 0.1) is 6.33 Å². The van der Waals surface area contributed by atoms with E-state index in [2.05, 4.69) is 169 Å². The third-order valence-corrected chi connectivity index (χ3v) is 14.5. The van der Waals surface area contributed by atoms with Gasteiger partial charge in [-0.1, -0.05) is 64.1 Å². The predicted molar refractivity (Wildman–Crippen MR) is 223 cm³/mol. The van der Waals surface area contributed by atoms with E-state index in [1.54, 1.807) is 0 Å². The second-order valence-corrected chi connectivity index (χ2v) is 26.2. The summed E-state index contributed by atoms with van der Waals surface area (Å²) >= 11 is -2.09. The van der Waals surface area contributed by atoms with Gasteiger partial charge in [-0.05, 0) is 35.1 Å². The molecule has 0 spiro atoms. The minimum absolute atomic E-state index is 0.121. The maximum absolute atomic E-state index is 6.57. The van der Waals surface area contributed by atoms with Crippen molar-refractivity contribution in [2.24, 2.45) is 0 Å². The van der Waals surface area contributed by atoms with Crippen molar-refractivity contribution in [3.8, 4) is 23.1 Å². The van der Waals surface area contributed by atoms with Gasteiger partial charge in [0.2, 0.25) is 0 Å². The predicted octanol–water partition coefficient (Wildman–Crippen LogP) is 9.65. The fourth-order valence-electron chi connectivity index (χ4n) is 7.40. The average molecular weight is 756 g/mol. The van der Waals surface area contributed by atoms with Crippen LogP contribution in [0.25, 0.3) is 22.5 Å². The largest absolute Gasteiger partial charge is 0.403 e. The summed E-state index contributed by atoms with van der Waals surface area (Å²) in [5.41, 5.74) is 10.6. The Bertz CT molecular complexity index is 2410. The Labute approximate surface area is 316 Å². The van der Waals surface area contributed by atoms with E-state index < -0.39 is 13.3 Å². The zero-order valence-corrected chi connectivity index (χ0v) is 33.7. The third kappa shape index (κ3) is 6.63. The van der Waals surface area contributed by atoms with E-state index in [1.807, 2.05) is 34.9 Å². The molecule has 8 heteroatoms. The molecule has 0 amide bonds. The van der Waals surface area contributed by atoms with Crippen LogP contribution in [0.15, 0.2) is 133 Å². The Kier molecular flexibility index (Phi) is 9.15. The summed E-state index contributed by atoms with van der Waals surface area (Å²) in [5, 5.41) is 3.85. The number of pyridine rings is 1. The molecule has 2 aromatic heterocycles. The number of benzene rings is 5. The molecular weight excluding hydrogens is 710 g/mol. The van der Waals surface area contributed by atoms with E-state index in [4.69, 9.17) is 9.72 Å².